The van der Waals surface area contributed by atoms with Crippen molar-refractivity contribution in [3.63, 3.8) is 0 Å². The number of nitrogens with zero attached hydrogens (tertiary/aromatic N) is 2. The van der Waals surface area contributed by atoms with E-state index in [1.54, 1.807) is 7.11 Å². The fourth-order valence-corrected chi connectivity index (χ4v) is 3.58. The average molecular weight is 313 g/mol. The summed E-state index contributed by atoms with van der Waals surface area (Å²) in [6.07, 6.45) is 2.23. The number of dihydropyridines is 1. The smallest absolute Gasteiger partial charge is 0.142 e. The molecule has 0 amide bonds. The van der Waals surface area contributed by atoms with Gasteiger partial charge in [-0.25, -0.2) is 4.98 Å². The summed E-state index contributed by atoms with van der Waals surface area (Å²) in [5.41, 5.74) is 4.66. The van der Waals surface area contributed by atoms with E-state index in [-0.39, 0.29) is 5.92 Å². The molecule has 0 bridgehead atoms. The van der Waals surface area contributed by atoms with Gasteiger partial charge in [0.25, 0.3) is 0 Å². The van der Waals surface area contributed by atoms with Gasteiger partial charge in [0.2, 0.25) is 0 Å². The zero-order chi connectivity index (χ0) is 15.7. The lowest BCUT2D eigenvalue weighted by atomic mass is 9.87. The summed E-state index contributed by atoms with van der Waals surface area (Å²) in [4.78, 5) is 4.58. The lowest BCUT2D eigenvalue weighted by Crippen LogP contribution is -2.19. The maximum absolute atomic E-state index is 5.37. The first-order valence-electron chi connectivity index (χ1n) is 7.19. The number of benzene rings is 1. The van der Waals surface area contributed by atoms with Crippen molar-refractivity contribution in [3.05, 3.63) is 58.1 Å². The summed E-state index contributed by atoms with van der Waals surface area (Å²) in [6.45, 7) is 6.10. The summed E-state index contributed by atoms with van der Waals surface area (Å²) >= 11 is 1.45. The number of ether oxygens (including phenoxy) is 1. The third kappa shape index (κ3) is 2.76. The van der Waals surface area contributed by atoms with E-state index in [0.717, 1.165) is 28.0 Å². The van der Waals surface area contributed by atoms with Gasteiger partial charge in [-0.1, -0.05) is 18.2 Å². The van der Waals surface area contributed by atoms with Gasteiger partial charge in [0, 0.05) is 22.9 Å². The van der Waals surface area contributed by atoms with Crippen LogP contribution in [0.25, 0.3) is 5.57 Å². The first-order valence-corrected chi connectivity index (χ1v) is 7.96. The van der Waals surface area contributed by atoms with E-state index in [9.17, 15) is 0 Å². The second-order valence-electron chi connectivity index (χ2n) is 5.41. The Kier molecular flexibility index (Phi) is 3.98. The van der Waals surface area contributed by atoms with Gasteiger partial charge in [-0.2, -0.15) is 4.37 Å². The standard InChI is InChI=1S/C17H19N3OS/c1-10-8-15(13-6-5-7-14(9-13)21-4)16(11(2)18-10)17-19-12(3)20-22-17/h5-9,15,18H,1-4H3. The van der Waals surface area contributed by atoms with Gasteiger partial charge < -0.3 is 10.1 Å². The van der Waals surface area contributed by atoms with Crippen molar-refractivity contribution < 1.29 is 4.74 Å². The molecule has 0 fully saturated rings. The number of methoxy groups -OCH3 is 1. The summed E-state index contributed by atoms with van der Waals surface area (Å²) in [6, 6.07) is 8.20. The molecule has 2 aromatic rings. The summed E-state index contributed by atoms with van der Waals surface area (Å²) in [5, 5.41) is 4.39. The van der Waals surface area contributed by atoms with Crippen molar-refractivity contribution in [2.24, 2.45) is 0 Å². The van der Waals surface area contributed by atoms with Crippen LogP contribution in [0.1, 0.15) is 36.2 Å². The van der Waals surface area contributed by atoms with Crippen LogP contribution in [0, 0.1) is 6.92 Å². The van der Waals surface area contributed by atoms with Gasteiger partial charge in [0.1, 0.15) is 16.6 Å². The van der Waals surface area contributed by atoms with Crippen molar-refractivity contribution in [2.75, 3.05) is 7.11 Å². The molecular formula is C17H19N3OS. The molecule has 114 valence electrons. The Morgan fingerprint density at radius 3 is 2.73 bits per heavy atom. The second kappa shape index (κ2) is 5.93. The molecule has 1 aromatic carbocycles. The molecule has 4 nitrogen and oxygen atoms in total. The highest BCUT2D eigenvalue weighted by Crippen LogP contribution is 2.39. The Bertz CT molecular complexity index is 761. The number of aromatic nitrogens is 2. The van der Waals surface area contributed by atoms with Crippen LogP contribution < -0.4 is 10.1 Å². The Morgan fingerprint density at radius 2 is 2.05 bits per heavy atom. The Labute approximate surface area is 134 Å². The summed E-state index contributed by atoms with van der Waals surface area (Å²) in [7, 11) is 1.69. The van der Waals surface area contributed by atoms with E-state index in [2.05, 4.69) is 46.7 Å². The molecule has 1 aliphatic heterocycles. The van der Waals surface area contributed by atoms with Crippen LogP contribution in [0.3, 0.4) is 0 Å². The molecule has 1 unspecified atom stereocenters. The van der Waals surface area contributed by atoms with E-state index in [1.165, 1.54) is 22.7 Å². The largest absolute Gasteiger partial charge is 0.497 e. The SMILES string of the molecule is COc1cccc(C2C=C(C)NC(C)=C2c2nc(C)ns2)c1. The maximum Gasteiger partial charge on any atom is 0.142 e. The number of rotatable bonds is 3. The molecule has 3 rings (SSSR count). The normalized spacial score (nSPS) is 18.0. The zero-order valence-electron chi connectivity index (χ0n) is 13.2. The van der Waals surface area contributed by atoms with E-state index in [1.807, 2.05) is 19.1 Å². The van der Waals surface area contributed by atoms with Gasteiger partial charge >= 0.3 is 0 Å². The molecule has 0 radical (unpaired) electrons. The lowest BCUT2D eigenvalue weighted by molar-refractivity contribution is 0.414. The monoisotopic (exact) mass is 313 g/mol. The lowest BCUT2D eigenvalue weighted by Gasteiger charge is -2.26. The molecule has 0 saturated heterocycles. The molecule has 2 heterocycles. The number of allylic oxidation sites excluding steroid dienone is 4. The number of nitrogens with one attached hydrogen (secondary N) is 1. The van der Waals surface area contributed by atoms with Crippen molar-refractivity contribution in [3.8, 4) is 5.75 Å². The Morgan fingerprint density at radius 1 is 1.23 bits per heavy atom. The van der Waals surface area contributed by atoms with E-state index in [4.69, 9.17) is 4.74 Å². The van der Waals surface area contributed by atoms with Crippen molar-refractivity contribution >= 4 is 17.1 Å². The zero-order valence-corrected chi connectivity index (χ0v) is 14.0. The average Bonchev–Trinajstić information content (AvgIpc) is 2.92. The molecule has 0 saturated carbocycles. The van der Waals surface area contributed by atoms with Crippen molar-refractivity contribution in [1.82, 2.24) is 14.7 Å². The van der Waals surface area contributed by atoms with Gasteiger partial charge in [-0.05, 0) is 50.0 Å². The van der Waals surface area contributed by atoms with Gasteiger partial charge in [-0.3, -0.25) is 0 Å². The second-order valence-corrected chi connectivity index (χ2v) is 6.17. The molecular weight excluding hydrogens is 294 g/mol. The number of hydrogen-bond acceptors (Lipinski definition) is 5. The maximum atomic E-state index is 5.37. The number of hydrogen-bond donors (Lipinski definition) is 1. The van der Waals surface area contributed by atoms with Crippen LogP contribution in [0.15, 0.2) is 41.7 Å². The van der Waals surface area contributed by atoms with Crippen molar-refractivity contribution in [2.45, 2.75) is 26.7 Å². The van der Waals surface area contributed by atoms with Crippen LogP contribution in [-0.2, 0) is 0 Å². The first kappa shape index (κ1) is 14.8. The van der Waals surface area contributed by atoms with E-state index >= 15 is 0 Å². The first-order chi connectivity index (χ1) is 10.6. The fourth-order valence-electron chi connectivity index (χ4n) is 2.77. The molecule has 0 spiro atoms. The van der Waals surface area contributed by atoms with Crippen molar-refractivity contribution in [1.29, 1.82) is 0 Å². The van der Waals surface area contributed by atoms with Gasteiger partial charge in [-0.15, -0.1) is 0 Å². The summed E-state index contributed by atoms with van der Waals surface area (Å²) < 4.78 is 9.70. The highest BCUT2D eigenvalue weighted by Gasteiger charge is 2.25. The van der Waals surface area contributed by atoms with Crippen LogP contribution in [-0.4, -0.2) is 16.5 Å². The molecule has 5 heteroatoms. The minimum Gasteiger partial charge on any atom is -0.497 e. The topological polar surface area (TPSA) is 47.0 Å². The molecule has 22 heavy (non-hydrogen) atoms. The van der Waals surface area contributed by atoms with Crippen LogP contribution >= 0.6 is 11.5 Å². The number of aryl methyl sites for hydroxylation is 1. The molecule has 1 aromatic heterocycles. The quantitative estimate of drug-likeness (QED) is 0.934. The molecule has 1 aliphatic rings. The van der Waals surface area contributed by atoms with Gasteiger partial charge in [0.15, 0.2) is 0 Å². The highest BCUT2D eigenvalue weighted by molar-refractivity contribution is 7.06. The minimum absolute atomic E-state index is 0.156. The van der Waals surface area contributed by atoms with Crippen LogP contribution in [0.2, 0.25) is 0 Å². The van der Waals surface area contributed by atoms with Crippen LogP contribution in [0.4, 0.5) is 0 Å². The van der Waals surface area contributed by atoms with Gasteiger partial charge in [0.05, 0.1) is 7.11 Å². The Balaban J connectivity index is 2.10. The predicted octanol–water partition coefficient (Wildman–Crippen LogP) is 3.88. The third-order valence-electron chi connectivity index (χ3n) is 3.73. The van der Waals surface area contributed by atoms with E-state index < -0.39 is 0 Å². The fraction of sp³-hybridized carbons (Fsp3) is 0.294. The molecule has 1 atom stereocenters. The third-order valence-corrected chi connectivity index (χ3v) is 4.57. The predicted molar refractivity (Wildman–Crippen MR) is 89.9 cm³/mol. The molecule has 0 aliphatic carbocycles. The van der Waals surface area contributed by atoms with E-state index in [0.29, 0.717) is 0 Å². The van der Waals surface area contributed by atoms with Crippen LogP contribution in [0.5, 0.6) is 5.75 Å². The minimum atomic E-state index is 0.156. The molecule has 1 N–H and O–H groups in total. The highest BCUT2D eigenvalue weighted by atomic mass is 32.1. The summed E-state index contributed by atoms with van der Waals surface area (Å²) in [5.74, 6) is 1.84. The Hall–Kier alpha value is -2.14.